The zero-order valence-corrected chi connectivity index (χ0v) is 16.6. The monoisotopic (exact) mass is 417 g/mol. The first-order chi connectivity index (χ1) is 13.0. The first kappa shape index (κ1) is 22.4. The molecule has 1 aromatic heterocycles. The number of thiophene rings is 1. The van der Waals surface area contributed by atoms with Crippen LogP contribution in [0.2, 0.25) is 0 Å². The van der Waals surface area contributed by atoms with Crippen molar-refractivity contribution in [3.05, 3.63) is 51.5 Å². The summed E-state index contributed by atoms with van der Waals surface area (Å²) in [6.07, 6.45) is -4.65. The van der Waals surface area contributed by atoms with Gasteiger partial charge in [0.15, 0.2) is 5.78 Å². The quantitative estimate of drug-likeness (QED) is 0.327. The summed E-state index contributed by atoms with van der Waals surface area (Å²) in [5.74, 6) is -0.704. The van der Waals surface area contributed by atoms with Crippen LogP contribution >= 0.6 is 11.3 Å². The number of carbonyl (C=O) groups excluding carboxylic acids is 1. The molecular weight excluding hydrogens is 394 g/mol. The number of ketones is 1. The van der Waals surface area contributed by atoms with Gasteiger partial charge in [0, 0.05) is 34.9 Å². The first-order valence-corrected chi connectivity index (χ1v) is 9.74. The molecule has 0 saturated carbocycles. The lowest BCUT2D eigenvalue weighted by molar-refractivity contribution is -0.136. The smallest absolute Gasteiger partial charge is 0.389 e. The molecule has 0 radical (unpaired) electrons. The fourth-order valence-electron chi connectivity index (χ4n) is 2.75. The number of Topliss-reactive ketones (excluding diaryl/α,β-unsaturated/α-hetero) is 1. The van der Waals surface area contributed by atoms with Crippen molar-refractivity contribution in [3.63, 3.8) is 0 Å². The summed E-state index contributed by atoms with van der Waals surface area (Å²) >= 11 is 1.40. The Morgan fingerprint density at radius 3 is 2.50 bits per heavy atom. The van der Waals surface area contributed by atoms with E-state index in [1.807, 2.05) is 13.0 Å². The number of carbonyl (C=O) groups is 1. The van der Waals surface area contributed by atoms with E-state index < -0.39 is 24.0 Å². The second kappa shape index (κ2) is 9.05. The average molecular weight is 417 g/mol. The van der Waals surface area contributed by atoms with E-state index in [9.17, 15) is 22.4 Å². The summed E-state index contributed by atoms with van der Waals surface area (Å²) < 4.78 is 56.0. The first-order valence-electron chi connectivity index (χ1n) is 8.92. The van der Waals surface area contributed by atoms with Crippen molar-refractivity contribution in [1.82, 2.24) is 0 Å². The van der Waals surface area contributed by atoms with Gasteiger partial charge in [0.1, 0.15) is 11.6 Å². The van der Waals surface area contributed by atoms with Crippen molar-refractivity contribution in [3.8, 4) is 5.75 Å². The molecule has 0 unspecified atom stereocenters. The third-order valence-corrected chi connectivity index (χ3v) is 5.51. The molecule has 0 saturated heterocycles. The van der Waals surface area contributed by atoms with E-state index in [0.717, 1.165) is 17.4 Å². The fourth-order valence-corrected chi connectivity index (χ4v) is 3.63. The molecule has 154 valence electrons. The number of nitrogens with two attached hydrogens (primary N) is 1. The lowest BCUT2D eigenvalue weighted by Crippen LogP contribution is -2.36. The van der Waals surface area contributed by atoms with Crippen molar-refractivity contribution >= 4 is 17.1 Å². The van der Waals surface area contributed by atoms with Gasteiger partial charge in [0.25, 0.3) is 0 Å². The van der Waals surface area contributed by atoms with Crippen LogP contribution in [0.15, 0.2) is 30.3 Å². The van der Waals surface area contributed by atoms with E-state index in [1.54, 1.807) is 13.0 Å². The van der Waals surface area contributed by atoms with Gasteiger partial charge in [-0.15, -0.1) is 11.3 Å². The second-order valence-corrected chi connectivity index (χ2v) is 8.01. The lowest BCUT2D eigenvalue weighted by Gasteiger charge is -2.25. The Morgan fingerprint density at radius 1 is 1.21 bits per heavy atom. The molecule has 1 heterocycles. The highest BCUT2D eigenvalue weighted by atomic mass is 32.1. The predicted molar refractivity (Wildman–Crippen MR) is 101 cm³/mol. The number of ether oxygens (including phenoxy) is 1. The standard InChI is InChI=1S/C20H23F4NO2S/c1-3-14-6-8-18(28-14)17(26)12-19(2,25)15-7-5-13(11-16(15)21)27-10-4-9-20(22,23)24/h5-8,11H,3-4,9-10,12,25H2,1-2H3/t19-/m0/s1. The molecule has 0 aliphatic heterocycles. The molecule has 2 N–H and O–H groups in total. The Hall–Kier alpha value is -1.93. The maximum Gasteiger partial charge on any atom is 0.389 e. The van der Waals surface area contributed by atoms with Crippen LogP contribution in [0.1, 0.15) is 53.2 Å². The Balaban J connectivity index is 2.01. The number of rotatable bonds is 9. The average Bonchev–Trinajstić information content (AvgIpc) is 3.07. The Kier molecular flexibility index (Phi) is 7.22. The van der Waals surface area contributed by atoms with Crippen molar-refractivity contribution in [2.24, 2.45) is 5.73 Å². The summed E-state index contributed by atoms with van der Waals surface area (Å²) in [7, 11) is 0. The van der Waals surface area contributed by atoms with Gasteiger partial charge in [-0.1, -0.05) is 13.0 Å². The molecule has 0 aliphatic rings. The van der Waals surface area contributed by atoms with Crippen molar-refractivity contribution in [2.75, 3.05) is 6.61 Å². The number of hydrogen-bond acceptors (Lipinski definition) is 4. The number of hydrogen-bond donors (Lipinski definition) is 1. The molecule has 3 nitrogen and oxygen atoms in total. The molecule has 0 spiro atoms. The molecule has 0 fully saturated rings. The van der Waals surface area contributed by atoms with Crippen LogP contribution in [0.5, 0.6) is 5.75 Å². The van der Waals surface area contributed by atoms with Gasteiger partial charge in [0.2, 0.25) is 0 Å². The van der Waals surface area contributed by atoms with Crippen LogP contribution in [0.4, 0.5) is 17.6 Å². The van der Waals surface area contributed by atoms with Crippen molar-refractivity contribution < 1.29 is 27.1 Å². The van der Waals surface area contributed by atoms with Gasteiger partial charge < -0.3 is 10.5 Å². The van der Waals surface area contributed by atoms with Gasteiger partial charge in [-0.05, 0) is 38.0 Å². The zero-order valence-electron chi connectivity index (χ0n) is 15.7. The number of benzene rings is 1. The molecule has 0 aliphatic carbocycles. The van der Waals surface area contributed by atoms with Gasteiger partial charge >= 0.3 is 6.18 Å². The SMILES string of the molecule is CCc1ccc(C(=O)C[C@](C)(N)c2ccc(OCCCC(F)(F)F)cc2F)s1. The summed E-state index contributed by atoms with van der Waals surface area (Å²) in [4.78, 5) is 14.2. The molecule has 0 amide bonds. The third-order valence-electron chi connectivity index (χ3n) is 4.24. The molecule has 1 aromatic carbocycles. The summed E-state index contributed by atoms with van der Waals surface area (Å²) in [6.45, 7) is 3.39. The van der Waals surface area contributed by atoms with Crippen LogP contribution in [-0.4, -0.2) is 18.6 Å². The predicted octanol–water partition coefficient (Wildman–Crippen LogP) is 5.62. The fraction of sp³-hybridized carbons (Fsp3) is 0.450. The normalized spacial score (nSPS) is 14.0. The van der Waals surface area contributed by atoms with Crippen LogP contribution < -0.4 is 10.5 Å². The summed E-state index contributed by atoms with van der Waals surface area (Å²) in [5.41, 5.74) is 5.13. The molecule has 28 heavy (non-hydrogen) atoms. The summed E-state index contributed by atoms with van der Waals surface area (Å²) in [5, 5.41) is 0. The lowest BCUT2D eigenvalue weighted by atomic mass is 9.87. The largest absolute Gasteiger partial charge is 0.493 e. The molecule has 2 rings (SSSR count). The molecule has 1 atom stereocenters. The number of alkyl halides is 3. The van der Waals surface area contributed by atoms with Crippen LogP contribution in [0.25, 0.3) is 0 Å². The van der Waals surface area contributed by atoms with Gasteiger partial charge in [-0.2, -0.15) is 13.2 Å². The minimum atomic E-state index is -4.24. The van der Waals surface area contributed by atoms with Crippen LogP contribution in [0.3, 0.4) is 0 Å². The molecule has 2 aromatic rings. The van der Waals surface area contributed by atoms with Gasteiger partial charge in [-0.3, -0.25) is 4.79 Å². The maximum atomic E-state index is 14.5. The van der Waals surface area contributed by atoms with E-state index in [4.69, 9.17) is 10.5 Å². The Morgan fingerprint density at radius 2 is 1.93 bits per heavy atom. The van der Waals surface area contributed by atoms with Gasteiger partial charge in [-0.25, -0.2) is 4.39 Å². The van der Waals surface area contributed by atoms with Crippen molar-refractivity contribution in [1.29, 1.82) is 0 Å². The summed E-state index contributed by atoms with van der Waals surface area (Å²) in [6, 6.07) is 7.57. The van der Waals surface area contributed by atoms with E-state index in [2.05, 4.69) is 0 Å². The molecule has 8 heteroatoms. The highest BCUT2D eigenvalue weighted by Crippen LogP contribution is 2.30. The zero-order chi connectivity index (χ0) is 20.9. The third kappa shape index (κ3) is 6.31. The van der Waals surface area contributed by atoms with Gasteiger partial charge in [0.05, 0.1) is 11.5 Å². The minimum absolute atomic E-state index is 0.0701. The van der Waals surface area contributed by atoms with Crippen LogP contribution in [0, 0.1) is 5.82 Å². The Bertz CT molecular complexity index is 815. The number of halogens is 4. The maximum absolute atomic E-state index is 14.5. The molecule has 0 bridgehead atoms. The number of aryl methyl sites for hydroxylation is 1. The van der Waals surface area contributed by atoms with E-state index in [-0.39, 0.29) is 36.5 Å². The van der Waals surface area contributed by atoms with E-state index in [0.29, 0.717) is 4.88 Å². The minimum Gasteiger partial charge on any atom is -0.493 e. The second-order valence-electron chi connectivity index (χ2n) is 6.85. The van der Waals surface area contributed by atoms with Crippen molar-refractivity contribution in [2.45, 2.75) is 51.2 Å². The van der Waals surface area contributed by atoms with E-state index in [1.165, 1.54) is 23.5 Å². The van der Waals surface area contributed by atoms with E-state index >= 15 is 0 Å². The Labute approximate surface area is 165 Å². The topological polar surface area (TPSA) is 52.3 Å². The highest BCUT2D eigenvalue weighted by molar-refractivity contribution is 7.14. The highest BCUT2D eigenvalue weighted by Gasteiger charge is 2.29. The molecular formula is C20H23F4NO2S. The van der Waals surface area contributed by atoms with Crippen LogP contribution in [-0.2, 0) is 12.0 Å².